The van der Waals surface area contributed by atoms with Crippen LogP contribution in [0.25, 0.3) is 0 Å². The Bertz CT molecular complexity index is 243. The van der Waals surface area contributed by atoms with E-state index in [0.717, 1.165) is 32.8 Å². The lowest BCUT2D eigenvalue weighted by Crippen LogP contribution is -2.57. The number of piperazine rings is 1. The van der Waals surface area contributed by atoms with Gasteiger partial charge in [0.05, 0.1) is 13.2 Å². The molecule has 86 valence electrons. The van der Waals surface area contributed by atoms with Gasteiger partial charge < -0.3 is 14.7 Å². The summed E-state index contributed by atoms with van der Waals surface area (Å²) in [6, 6.07) is -0.343. The average molecular weight is 214 g/mol. The van der Waals surface area contributed by atoms with Crippen LogP contribution in [-0.2, 0) is 9.53 Å². The number of carboxylic acids is 1. The predicted molar refractivity (Wildman–Crippen MR) is 54.8 cm³/mol. The number of rotatable bonds is 3. The molecule has 0 aromatic carbocycles. The number of nitrogens with zero attached hydrogens (tertiary/aromatic N) is 2. The summed E-state index contributed by atoms with van der Waals surface area (Å²) in [6.45, 7) is 4.88. The molecule has 0 bridgehead atoms. The van der Waals surface area contributed by atoms with Crippen LogP contribution in [0, 0.1) is 5.92 Å². The minimum absolute atomic E-state index is 0.343. The first-order chi connectivity index (χ1) is 7.16. The van der Waals surface area contributed by atoms with Crippen molar-refractivity contribution in [2.75, 3.05) is 46.4 Å². The largest absolute Gasteiger partial charge is 0.480 e. The van der Waals surface area contributed by atoms with E-state index in [1.54, 1.807) is 0 Å². The number of likely N-dealkylation sites (N-methyl/N-ethyl adjacent to an activating group) is 1. The van der Waals surface area contributed by atoms with Crippen molar-refractivity contribution in [1.29, 1.82) is 0 Å². The molecule has 2 aliphatic heterocycles. The Morgan fingerprint density at radius 3 is 2.73 bits per heavy atom. The van der Waals surface area contributed by atoms with Gasteiger partial charge in [0, 0.05) is 32.1 Å². The van der Waals surface area contributed by atoms with Crippen LogP contribution in [0.15, 0.2) is 0 Å². The second kappa shape index (κ2) is 4.47. The summed E-state index contributed by atoms with van der Waals surface area (Å²) in [4.78, 5) is 15.3. The molecular formula is C10H18N2O3. The quantitative estimate of drug-likeness (QED) is 0.675. The van der Waals surface area contributed by atoms with Crippen LogP contribution >= 0.6 is 0 Å². The van der Waals surface area contributed by atoms with E-state index in [1.165, 1.54) is 0 Å². The molecule has 2 fully saturated rings. The molecule has 1 N–H and O–H groups in total. The highest BCUT2D eigenvalue weighted by Crippen LogP contribution is 2.16. The van der Waals surface area contributed by atoms with Gasteiger partial charge in [-0.05, 0) is 7.05 Å². The van der Waals surface area contributed by atoms with E-state index in [2.05, 4.69) is 9.80 Å². The van der Waals surface area contributed by atoms with Crippen molar-refractivity contribution in [2.45, 2.75) is 6.04 Å². The second-order valence-electron chi connectivity index (χ2n) is 4.51. The highest BCUT2D eigenvalue weighted by atomic mass is 16.5. The van der Waals surface area contributed by atoms with Gasteiger partial charge in [-0.15, -0.1) is 0 Å². The topological polar surface area (TPSA) is 53.0 Å². The first kappa shape index (κ1) is 10.9. The van der Waals surface area contributed by atoms with Crippen LogP contribution in [0.3, 0.4) is 0 Å². The minimum atomic E-state index is -0.707. The van der Waals surface area contributed by atoms with Crippen molar-refractivity contribution in [3.8, 4) is 0 Å². The molecule has 0 aliphatic carbocycles. The monoisotopic (exact) mass is 214 g/mol. The molecule has 2 heterocycles. The maximum atomic E-state index is 11.1. The summed E-state index contributed by atoms with van der Waals surface area (Å²) in [5, 5.41) is 9.13. The first-order valence-corrected chi connectivity index (χ1v) is 5.40. The first-order valence-electron chi connectivity index (χ1n) is 5.40. The summed E-state index contributed by atoms with van der Waals surface area (Å²) < 4.78 is 5.11. The van der Waals surface area contributed by atoms with Crippen molar-refractivity contribution in [3.05, 3.63) is 0 Å². The van der Waals surface area contributed by atoms with Gasteiger partial charge >= 0.3 is 5.97 Å². The molecule has 0 spiro atoms. The fraction of sp³-hybridized carbons (Fsp3) is 0.900. The Hall–Kier alpha value is -0.650. The van der Waals surface area contributed by atoms with Gasteiger partial charge in [0.1, 0.15) is 6.04 Å². The summed E-state index contributed by atoms with van der Waals surface area (Å²) in [5.41, 5.74) is 0. The zero-order chi connectivity index (χ0) is 10.8. The molecule has 0 aromatic heterocycles. The van der Waals surface area contributed by atoms with Gasteiger partial charge in [0.25, 0.3) is 0 Å². The molecule has 2 rings (SSSR count). The van der Waals surface area contributed by atoms with Gasteiger partial charge in [0.15, 0.2) is 0 Å². The average Bonchev–Trinajstić information content (AvgIpc) is 2.12. The Labute approximate surface area is 89.6 Å². The number of aliphatic carboxylic acids is 1. The summed E-state index contributed by atoms with van der Waals surface area (Å²) in [5.74, 6) is -0.169. The van der Waals surface area contributed by atoms with Crippen LogP contribution < -0.4 is 0 Å². The number of carbonyl (C=O) groups is 1. The highest BCUT2D eigenvalue weighted by Gasteiger charge is 2.33. The van der Waals surface area contributed by atoms with E-state index < -0.39 is 5.97 Å². The predicted octanol–water partition coefficient (Wildman–Crippen LogP) is -0.667. The second-order valence-corrected chi connectivity index (χ2v) is 4.51. The Kier molecular flexibility index (Phi) is 3.23. The van der Waals surface area contributed by atoms with Crippen molar-refractivity contribution < 1.29 is 14.6 Å². The van der Waals surface area contributed by atoms with Gasteiger partial charge in [-0.2, -0.15) is 0 Å². The Morgan fingerprint density at radius 1 is 1.47 bits per heavy atom. The maximum Gasteiger partial charge on any atom is 0.322 e. The molecule has 5 heteroatoms. The van der Waals surface area contributed by atoms with E-state index in [-0.39, 0.29) is 6.04 Å². The Balaban J connectivity index is 1.91. The number of carboxylic acid groups (broad SMARTS) is 1. The van der Waals surface area contributed by atoms with E-state index in [9.17, 15) is 4.79 Å². The molecule has 15 heavy (non-hydrogen) atoms. The molecule has 2 aliphatic rings. The highest BCUT2D eigenvalue weighted by molar-refractivity contribution is 5.74. The number of hydrogen-bond donors (Lipinski definition) is 1. The standard InChI is InChI=1S/C10H18N2O3/c1-11-2-3-12(4-8-6-15-7-8)9(5-11)10(13)14/h8-9H,2-7H2,1H3,(H,13,14). The SMILES string of the molecule is CN1CCN(CC2COC2)C(C(=O)O)C1. The van der Waals surface area contributed by atoms with Crippen LogP contribution in [0.4, 0.5) is 0 Å². The van der Waals surface area contributed by atoms with Gasteiger partial charge in [-0.25, -0.2) is 0 Å². The third-order valence-corrected chi connectivity index (χ3v) is 3.18. The minimum Gasteiger partial charge on any atom is -0.480 e. The fourth-order valence-electron chi connectivity index (χ4n) is 2.13. The van der Waals surface area contributed by atoms with E-state index >= 15 is 0 Å². The summed E-state index contributed by atoms with van der Waals surface area (Å²) in [6.07, 6.45) is 0. The van der Waals surface area contributed by atoms with Crippen LogP contribution in [0.1, 0.15) is 0 Å². The number of ether oxygens (including phenoxy) is 1. The summed E-state index contributed by atoms with van der Waals surface area (Å²) >= 11 is 0. The normalized spacial score (nSPS) is 30.1. The smallest absolute Gasteiger partial charge is 0.322 e. The van der Waals surface area contributed by atoms with E-state index in [1.807, 2.05) is 7.05 Å². The zero-order valence-electron chi connectivity index (χ0n) is 9.06. The molecule has 0 radical (unpaired) electrons. The lowest BCUT2D eigenvalue weighted by atomic mass is 10.0. The third-order valence-electron chi connectivity index (χ3n) is 3.18. The molecule has 0 saturated carbocycles. The number of hydrogen-bond acceptors (Lipinski definition) is 4. The molecule has 5 nitrogen and oxygen atoms in total. The molecule has 2 saturated heterocycles. The third kappa shape index (κ3) is 2.48. The van der Waals surface area contributed by atoms with Crippen molar-refractivity contribution >= 4 is 5.97 Å². The molecule has 1 atom stereocenters. The molecule has 0 aromatic rings. The Morgan fingerprint density at radius 2 is 2.20 bits per heavy atom. The maximum absolute atomic E-state index is 11.1. The van der Waals surface area contributed by atoms with Crippen molar-refractivity contribution in [2.24, 2.45) is 5.92 Å². The molecule has 0 amide bonds. The lowest BCUT2D eigenvalue weighted by molar-refractivity contribution is -0.147. The van der Waals surface area contributed by atoms with Crippen LogP contribution in [0.5, 0.6) is 0 Å². The van der Waals surface area contributed by atoms with Crippen molar-refractivity contribution in [3.63, 3.8) is 0 Å². The fourth-order valence-corrected chi connectivity index (χ4v) is 2.13. The zero-order valence-corrected chi connectivity index (χ0v) is 9.06. The van der Waals surface area contributed by atoms with Crippen LogP contribution in [0.2, 0.25) is 0 Å². The van der Waals surface area contributed by atoms with E-state index in [4.69, 9.17) is 9.84 Å². The van der Waals surface area contributed by atoms with E-state index in [0.29, 0.717) is 12.5 Å². The van der Waals surface area contributed by atoms with Gasteiger partial charge in [-0.3, -0.25) is 9.69 Å². The molecule has 1 unspecified atom stereocenters. The van der Waals surface area contributed by atoms with Crippen molar-refractivity contribution in [1.82, 2.24) is 9.80 Å². The van der Waals surface area contributed by atoms with Gasteiger partial charge in [0.2, 0.25) is 0 Å². The lowest BCUT2D eigenvalue weighted by Gasteiger charge is -2.40. The van der Waals surface area contributed by atoms with Gasteiger partial charge in [-0.1, -0.05) is 0 Å². The summed E-state index contributed by atoms with van der Waals surface area (Å²) in [7, 11) is 1.97. The van der Waals surface area contributed by atoms with Crippen LogP contribution in [-0.4, -0.2) is 73.4 Å². The molecular weight excluding hydrogens is 196 g/mol.